The molecule has 82 valence electrons. The maximum absolute atomic E-state index is 11.7. The highest BCUT2D eigenvalue weighted by atomic mass is 16.1. The van der Waals surface area contributed by atoms with Crippen LogP contribution in [0.25, 0.3) is 0 Å². The van der Waals surface area contributed by atoms with Crippen molar-refractivity contribution in [1.29, 1.82) is 0 Å². The Hall–Kier alpha value is -1.42. The van der Waals surface area contributed by atoms with E-state index in [9.17, 15) is 4.79 Å². The van der Waals surface area contributed by atoms with Crippen LogP contribution in [-0.2, 0) is 0 Å². The number of aromatic nitrogens is 1. The molecule has 0 fully saturated rings. The molecule has 0 radical (unpaired) electrons. The molecule has 0 aliphatic carbocycles. The number of carbonyl (C=O) groups is 1. The van der Waals surface area contributed by atoms with Crippen molar-refractivity contribution in [3.05, 3.63) is 29.6 Å². The quantitative estimate of drug-likeness (QED) is 0.772. The van der Waals surface area contributed by atoms with Gasteiger partial charge in [-0.1, -0.05) is 6.07 Å². The summed E-state index contributed by atoms with van der Waals surface area (Å²) < 4.78 is 0. The first-order chi connectivity index (χ1) is 6.90. The van der Waals surface area contributed by atoms with Crippen molar-refractivity contribution in [2.24, 2.45) is 5.73 Å². The first kappa shape index (κ1) is 11.7. The second kappa shape index (κ2) is 4.40. The molecular weight excluding hydrogens is 190 g/mol. The molecular formula is C11H17N3O. The lowest BCUT2D eigenvalue weighted by molar-refractivity contribution is 0.0940. The Morgan fingerprint density at radius 1 is 1.60 bits per heavy atom. The van der Waals surface area contributed by atoms with E-state index in [1.165, 1.54) is 0 Å². The van der Waals surface area contributed by atoms with E-state index < -0.39 is 5.54 Å². The minimum atomic E-state index is -0.404. The van der Waals surface area contributed by atoms with Gasteiger partial charge in [-0.3, -0.25) is 9.78 Å². The van der Waals surface area contributed by atoms with Gasteiger partial charge in [0.05, 0.1) is 0 Å². The number of rotatable bonds is 3. The van der Waals surface area contributed by atoms with Gasteiger partial charge in [0, 0.05) is 18.3 Å². The summed E-state index contributed by atoms with van der Waals surface area (Å²) in [5.41, 5.74) is 6.69. The fourth-order valence-corrected chi connectivity index (χ4v) is 1.12. The van der Waals surface area contributed by atoms with Gasteiger partial charge in [-0.05, 0) is 32.4 Å². The van der Waals surface area contributed by atoms with Crippen molar-refractivity contribution in [3.63, 3.8) is 0 Å². The molecule has 0 bridgehead atoms. The Morgan fingerprint density at radius 3 is 2.80 bits per heavy atom. The van der Waals surface area contributed by atoms with E-state index in [-0.39, 0.29) is 5.91 Å². The van der Waals surface area contributed by atoms with Gasteiger partial charge in [0.2, 0.25) is 0 Å². The van der Waals surface area contributed by atoms with Crippen LogP contribution in [0.3, 0.4) is 0 Å². The average molecular weight is 207 g/mol. The summed E-state index contributed by atoms with van der Waals surface area (Å²) in [7, 11) is 0. The van der Waals surface area contributed by atoms with Crippen molar-refractivity contribution in [2.75, 3.05) is 6.54 Å². The number of pyridine rings is 1. The minimum absolute atomic E-state index is 0.174. The van der Waals surface area contributed by atoms with Crippen LogP contribution < -0.4 is 11.1 Å². The third kappa shape index (κ3) is 3.67. The lowest BCUT2D eigenvalue weighted by Crippen LogP contribution is -2.45. The molecule has 1 rings (SSSR count). The molecule has 4 heteroatoms. The lowest BCUT2D eigenvalue weighted by Gasteiger charge is -2.18. The smallest absolute Gasteiger partial charge is 0.270 e. The van der Waals surface area contributed by atoms with Crippen LogP contribution in [0.15, 0.2) is 18.3 Å². The molecule has 0 aliphatic heterocycles. The summed E-state index contributed by atoms with van der Waals surface area (Å²) >= 11 is 0. The second-order valence-corrected chi connectivity index (χ2v) is 4.34. The molecule has 0 atom stereocenters. The van der Waals surface area contributed by atoms with E-state index in [1.54, 1.807) is 12.3 Å². The molecule has 3 N–H and O–H groups in total. The van der Waals surface area contributed by atoms with Gasteiger partial charge in [-0.2, -0.15) is 0 Å². The Labute approximate surface area is 89.9 Å². The number of hydrogen-bond acceptors (Lipinski definition) is 3. The van der Waals surface area contributed by atoms with Crippen LogP contribution >= 0.6 is 0 Å². The molecule has 1 aromatic rings. The summed E-state index contributed by atoms with van der Waals surface area (Å²) in [4.78, 5) is 15.7. The van der Waals surface area contributed by atoms with Crippen molar-refractivity contribution in [2.45, 2.75) is 26.3 Å². The standard InChI is InChI=1S/C11H17N3O/c1-8-5-4-6-13-9(8)10(15)14-7-11(2,3)12/h4-6H,7,12H2,1-3H3,(H,14,15). The van der Waals surface area contributed by atoms with Crippen LogP contribution in [0, 0.1) is 6.92 Å². The van der Waals surface area contributed by atoms with Gasteiger partial charge in [0.25, 0.3) is 5.91 Å². The van der Waals surface area contributed by atoms with Crippen molar-refractivity contribution >= 4 is 5.91 Å². The molecule has 1 aromatic heterocycles. The molecule has 1 amide bonds. The monoisotopic (exact) mass is 207 g/mol. The highest BCUT2D eigenvalue weighted by Gasteiger charge is 2.14. The fraction of sp³-hybridized carbons (Fsp3) is 0.455. The second-order valence-electron chi connectivity index (χ2n) is 4.34. The Bertz CT molecular complexity index is 355. The van der Waals surface area contributed by atoms with Gasteiger partial charge in [0.15, 0.2) is 0 Å². The largest absolute Gasteiger partial charge is 0.349 e. The van der Waals surface area contributed by atoms with Crippen molar-refractivity contribution in [3.8, 4) is 0 Å². The summed E-state index contributed by atoms with van der Waals surface area (Å²) in [5, 5.41) is 2.75. The maximum atomic E-state index is 11.7. The molecule has 4 nitrogen and oxygen atoms in total. The normalized spacial score (nSPS) is 11.2. The number of carbonyl (C=O) groups excluding carboxylic acids is 1. The third-order valence-electron chi connectivity index (χ3n) is 1.93. The van der Waals surface area contributed by atoms with Crippen LogP contribution in [0.5, 0.6) is 0 Å². The van der Waals surface area contributed by atoms with Crippen LogP contribution in [-0.4, -0.2) is 23.0 Å². The Balaban J connectivity index is 2.66. The molecule has 0 unspecified atom stereocenters. The van der Waals surface area contributed by atoms with Gasteiger partial charge in [0.1, 0.15) is 5.69 Å². The topological polar surface area (TPSA) is 68.0 Å². The van der Waals surface area contributed by atoms with E-state index in [0.717, 1.165) is 5.56 Å². The zero-order chi connectivity index (χ0) is 11.5. The number of hydrogen-bond donors (Lipinski definition) is 2. The molecule has 0 saturated heterocycles. The molecule has 0 spiro atoms. The average Bonchev–Trinajstić information content (AvgIpc) is 2.14. The molecule has 0 aliphatic rings. The number of nitrogens with one attached hydrogen (secondary N) is 1. The fourth-order valence-electron chi connectivity index (χ4n) is 1.12. The highest BCUT2D eigenvalue weighted by molar-refractivity contribution is 5.93. The number of amides is 1. The number of nitrogens with two attached hydrogens (primary N) is 1. The Kier molecular flexibility index (Phi) is 3.42. The number of nitrogens with zero attached hydrogens (tertiary/aromatic N) is 1. The highest BCUT2D eigenvalue weighted by Crippen LogP contribution is 2.03. The van der Waals surface area contributed by atoms with Crippen LogP contribution in [0.2, 0.25) is 0 Å². The van der Waals surface area contributed by atoms with Gasteiger partial charge in [-0.25, -0.2) is 0 Å². The Morgan fingerprint density at radius 2 is 2.27 bits per heavy atom. The SMILES string of the molecule is Cc1cccnc1C(=O)NCC(C)(C)N. The predicted molar refractivity (Wildman–Crippen MR) is 59.6 cm³/mol. The van der Waals surface area contributed by atoms with Gasteiger partial charge < -0.3 is 11.1 Å². The van der Waals surface area contributed by atoms with E-state index in [1.807, 2.05) is 26.8 Å². The lowest BCUT2D eigenvalue weighted by atomic mass is 10.1. The van der Waals surface area contributed by atoms with Crippen molar-refractivity contribution < 1.29 is 4.79 Å². The minimum Gasteiger partial charge on any atom is -0.349 e. The first-order valence-electron chi connectivity index (χ1n) is 4.89. The predicted octanol–water partition coefficient (Wildman–Crippen LogP) is 0.857. The summed E-state index contributed by atoms with van der Waals surface area (Å²) in [6, 6.07) is 3.66. The summed E-state index contributed by atoms with van der Waals surface area (Å²) in [5.74, 6) is -0.174. The van der Waals surface area contributed by atoms with E-state index in [0.29, 0.717) is 12.2 Å². The van der Waals surface area contributed by atoms with Crippen molar-refractivity contribution in [1.82, 2.24) is 10.3 Å². The van der Waals surface area contributed by atoms with Crippen LogP contribution in [0.1, 0.15) is 29.9 Å². The van der Waals surface area contributed by atoms with Crippen LogP contribution in [0.4, 0.5) is 0 Å². The summed E-state index contributed by atoms with van der Waals surface area (Å²) in [6.07, 6.45) is 1.61. The van der Waals surface area contributed by atoms with E-state index in [4.69, 9.17) is 5.73 Å². The molecule has 0 saturated carbocycles. The summed E-state index contributed by atoms with van der Waals surface area (Å²) in [6.45, 7) is 6.01. The molecule has 15 heavy (non-hydrogen) atoms. The maximum Gasteiger partial charge on any atom is 0.270 e. The zero-order valence-corrected chi connectivity index (χ0v) is 9.37. The van der Waals surface area contributed by atoms with E-state index in [2.05, 4.69) is 10.3 Å². The van der Waals surface area contributed by atoms with Gasteiger partial charge in [-0.15, -0.1) is 0 Å². The number of aryl methyl sites for hydroxylation is 1. The van der Waals surface area contributed by atoms with E-state index >= 15 is 0 Å². The first-order valence-corrected chi connectivity index (χ1v) is 4.89. The third-order valence-corrected chi connectivity index (χ3v) is 1.93. The zero-order valence-electron chi connectivity index (χ0n) is 9.37. The molecule has 1 heterocycles. The molecule has 0 aromatic carbocycles. The van der Waals surface area contributed by atoms with Gasteiger partial charge >= 0.3 is 0 Å².